The van der Waals surface area contributed by atoms with Gasteiger partial charge in [-0.2, -0.15) is 0 Å². The van der Waals surface area contributed by atoms with Crippen LogP contribution in [0.2, 0.25) is 0 Å². The highest BCUT2D eigenvalue weighted by molar-refractivity contribution is 5.92. The van der Waals surface area contributed by atoms with Gasteiger partial charge in [0, 0.05) is 36.9 Å². The fourth-order valence-corrected chi connectivity index (χ4v) is 3.27. The summed E-state index contributed by atoms with van der Waals surface area (Å²) < 4.78 is 1.45. The molecule has 1 saturated heterocycles. The molecule has 0 saturated carbocycles. The van der Waals surface area contributed by atoms with Crippen LogP contribution in [-0.2, 0) is 0 Å². The number of H-pyrrole nitrogens is 1. The quantitative estimate of drug-likeness (QED) is 0.763. The number of piperidine rings is 1. The van der Waals surface area contributed by atoms with E-state index in [1.807, 2.05) is 6.92 Å². The number of aromatic nitrogens is 5. The number of aromatic amines is 1. The van der Waals surface area contributed by atoms with Gasteiger partial charge in [-0.3, -0.25) is 19.0 Å². The SMILES string of the molecule is Cc1cnc(C(=O)N2CCCCC2c2cc(=O)n3ccnc3[nH]2)cn1. The maximum Gasteiger partial charge on any atom is 0.274 e. The van der Waals surface area contributed by atoms with E-state index in [0.717, 1.165) is 25.0 Å². The normalized spacial score (nSPS) is 17.8. The Balaban J connectivity index is 1.71. The summed E-state index contributed by atoms with van der Waals surface area (Å²) >= 11 is 0. The van der Waals surface area contributed by atoms with Crippen LogP contribution in [0, 0.1) is 6.92 Å². The van der Waals surface area contributed by atoms with Crippen molar-refractivity contribution < 1.29 is 4.79 Å². The van der Waals surface area contributed by atoms with Crippen molar-refractivity contribution in [2.24, 2.45) is 0 Å². The van der Waals surface area contributed by atoms with E-state index in [2.05, 4.69) is 19.9 Å². The summed E-state index contributed by atoms with van der Waals surface area (Å²) in [4.78, 5) is 42.6. The van der Waals surface area contributed by atoms with Crippen LogP contribution < -0.4 is 5.56 Å². The van der Waals surface area contributed by atoms with Crippen LogP contribution in [0.15, 0.2) is 35.6 Å². The Kier molecular flexibility index (Phi) is 3.79. The van der Waals surface area contributed by atoms with Gasteiger partial charge in [0.2, 0.25) is 5.78 Å². The topological polar surface area (TPSA) is 96.3 Å². The third kappa shape index (κ3) is 2.79. The number of rotatable bonds is 2. The monoisotopic (exact) mass is 338 g/mol. The number of carbonyl (C=O) groups excluding carboxylic acids is 1. The summed E-state index contributed by atoms with van der Waals surface area (Å²) in [6.45, 7) is 2.45. The predicted octanol–water partition coefficient (Wildman–Crippen LogP) is 1.49. The van der Waals surface area contributed by atoms with Gasteiger partial charge in [0.05, 0.1) is 17.9 Å². The minimum atomic E-state index is -0.196. The second kappa shape index (κ2) is 6.12. The molecule has 1 unspecified atom stereocenters. The van der Waals surface area contributed by atoms with Crippen LogP contribution in [0.5, 0.6) is 0 Å². The first-order valence-electron chi connectivity index (χ1n) is 8.29. The highest BCUT2D eigenvalue weighted by Gasteiger charge is 2.30. The third-order valence-electron chi connectivity index (χ3n) is 4.54. The van der Waals surface area contributed by atoms with Gasteiger partial charge in [0.25, 0.3) is 11.5 Å². The van der Waals surface area contributed by atoms with Crippen molar-refractivity contribution in [3.63, 3.8) is 0 Å². The zero-order chi connectivity index (χ0) is 17.4. The Hall–Kier alpha value is -3.03. The first-order valence-corrected chi connectivity index (χ1v) is 8.29. The molecule has 0 aromatic carbocycles. The largest absolute Gasteiger partial charge is 0.329 e. The van der Waals surface area contributed by atoms with Crippen molar-refractivity contribution in [1.82, 2.24) is 29.2 Å². The molecule has 0 aliphatic carbocycles. The molecule has 8 heteroatoms. The summed E-state index contributed by atoms with van der Waals surface area (Å²) in [7, 11) is 0. The maximum absolute atomic E-state index is 12.9. The molecule has 0 spiro atoms. The number of nitrogens with one attached hydrogen (secondary N) is 1. The van der Waals surface area contributed by atoms with Crippen LogP contribution in [0.3, 0.4) is 0 Å². The first kappa shape index (κ1) is 15.5. The first-order chi connectivity index (χ1) is 12.1. The van der Waals surface area contributed by atoms with E-state index in [4.69, 9.17) is 0 Å². The van der Waals surface area contributed by atoms with Crippen LogP contribution >= 0.6 is 0 Å². The minimum Gasteiger partial charge on any atom is -0.329 e. The van der Waals surface area contributed by atoms with Crippen LogP contribution in [0.1, 0.15) is 47.2 Å². The van der Waals surface area contributed by atoms with E-state index < -0.39 is 0 Å². The molecule has 8 nitrogen and oxygen atoms in total. The zero-order valence-electron chi connectivity index (χ0n) is 13.8. The molecule has 3 aromatic heterocycles. The van der Waals surface area contributed by atoms with Gasteiger partial charge in [-0.25, -0.2) is 9.97 Å². The lowest BCUT2D eigenvalue weighted by Crippen LogP contribution is -2.39. The van der Waals surface area contributed by atoms with Gasteiger partial charge < -0.3 is 9.88 Å². The van der Waals surface area contributed by atoms with Crippen molar-refractivity contribution in [1.29, 1.82) is 0 Å². The van der Waals surface area contributed by atoms with Crippen molar-refractivity contribution in [2.45, 2.75) is 32.2 Å². The molecular weight excluding hydrogens is 320 g/mol. The second-order valence-electron chi connectivity index (χ2n) is 6.24. The number of amides is 1. The number of carbonyl (C=O) groups is 1. The fourth-order valence-electron chi connectivity index (χ4n) is 3.27. The average Bonchev–Trinajstić information content (AvgIpc) is 3.11. The van der Waals surface area contributed by atoms with Crippen molar-refractivity contribution >= 4 is 11.7 Å². The fraction of sp³-hybridized carbons (Fsp3) is 0.353. The number of aryl methyl sites for hydroxylation is 1. The van der Waals surface area contributed by atoms with E-state index in [1.165, 1.54) is 10.6 Å². The molecule has 1 fully saturated rings. The molecular formula is C17H18N6O2. The van der Waals surface area contributed by atoms with Crippen molar-refractivity contribution in [2.75, 3.05) is 6.54 Å². The molecule has 4 heterocycles. The van der Waals surface area contributed by atoms with Crippen LogP contribution in [0.4, 0.5) is 0 Å². The standard InChI is InChI=1S/C17H18N6O2/c1-11-9-20-13(10-19-11)16(25)22-6-3-2-4-14(22)12-8-15(24)23-7-5-18-17(23)21-12/h5,7-10,14H,2-4,6H2,1H3,(H,18,21). The highest BCUT2D eigenvalue weighted by atomic mass is 16.2. The summed E-state index contributed by atoms with van der Waals surface area (Å²) in [6.07, 6.45) is 8.99. The van der Waals surface area contributed by atoms with E-state index >= 15 is 0 Å². The van der Waals surface area contributed by atoms with Crippen LogP contribution in [-0.4, -0.2) is 41.7 Å². The molecule has 0 bridgehead atoms. The molecule has 0 radical (unpaired) electrons. The summed E-state index contributed by atoms with van der Waals surface area (Å²) in [5.74, 6) is 0.317. The number of fused-ring (bicyclic) bond motifs is 1. The maximum atomic E-state index is 12.9. The van der Waals surface area contributed by atoms with Crippen molar-refractivity contribution in [3.05, 3.63) is 58.3 Å². The Morgan fingerprint density at radius 1 is 1.24 bits per heavy atom. The summed E-state index contributed by atoms with van der Waals surface area (Å²) in [6, 6.07) is 1.35. The lowest BCUT2D eigenvalue weighted by molar-refractivity contribution is 0.0599. The average molecular weight is 338 g/mol. The lowest BCUT2D eigenvalue weighted by atomic mass is 9.98. The molecule has 1 amide bonds. The smallest absolute Gasteiger partial charge is 0.274 e. The van der Waals surface area contributed by atoms with Gasteiger partial charge >= 0.3 is 0 Å². The van der Waals surface area contributed by atoms with Crippen LogP contribution in [0.25, 0.3) is 5.78 Å². The van der Waals surface area contributed by atoms with Gasteiger partial charge in [-0.05, 0) is 26.2 Å². The van der Waals surface area contributed by atoms with E-state index in [1.54, 1.807) is 29.6 Å². The van der Waals surface area contributed by atoms with Crippen molar-refractivity contribution in [3.8, 4) is 0 Å². The van der Waals surface area contributed by atoms with E-state index in [9.17, 15) is 9.59 Å². The Bertz CT molecular complexity index is 975. The second-order valence-corrected chi connectivity index (χ2v) is 6.24. The highest BCUT2D eigenvalue weighted by Crippen LogP contribution is 2.30. The molecule has 128 valence electrons. The Morgan fingerprint density at radius 3 is 2.92 bits per heavy atom. The summed E-state index contributed by atoms with van der Waals surface area (Å²) in [5, 5.41) is 0. The van der Waals surface area contributed by atoms with Gasteiger partial charge in [-0.15, -0.1) is 0 Å². The molecule has 4 rings (SSSR count). The number of nitrogens with zero attached hydrogens (tertiary/aromatic N) is 5. The Morgan fingerprint density at radius 2 is 2.12 bits per heavy atom. The third-order valence-corrected chi connectivity index (χ3v) is 4.54. The molecule has 1 aliphatic rings. The molecule has 1 atom stereocenters. The van der Waals surface area contributed by atoms with Gasteiger partial charge in [0.15, 0.2) is 0 Å². The van der Waals surface area contributed by atoms with Gasteiger partial charge in [-0.1, -0.05) is 0 Å². The number of hydrogen-bond acceptors (Lipinski definition) is 5. The molecule has 1 aliphatic heterocycles. The molecule has 1 N–H and O–H groups in total. The lowest BCUT2D eigenvalue weighted by Gasteiger charge is -2.35. The van der Waals surface area contributed by atoms with E-state index in [0.29, 0.717) is 23.7 Å². The number of likely N-dealkylation sites (tertiary alicyclic amines) is 1. The molecule has 25 heavy (non-hydrogen) atoms. The van der Waals surface area contributed by atoms with E-state index in [-0.39, 0.29) is 17.5 Å². The Labute approximate surface area is 143 Å². The summed E-state index contributed by atoms with van der Waals surface area (Å²) in [5.41, 5.74) is 1.63. The zero-order valence-corrected chi connectivity index (χ0v) is 13.8. The predicted molar refractivity (Wildman–Crippen MR) is 90.2 cm³/mol. The molecule has 3 aromatic rings. The minimum absolute atomic E-state index is 0.158. The number of hydrogen-bond donors (Lipinski definition) is 1. The van der Waals surface area contributed by atoms with Gasteiger partial charge in [0.1, 0.15) is 5.69 Å². The number of imidazole rings is 1.